The van der Waals surface area contributed by atoms with Gasteiger partial charge >= 0.3 is 5.69 Å². The van der Waals surface area contributed by atoms with Crippen LogP contribution in [-0.2, 0) is 4.74 Å². The number of aromatic amines is 1. The Kier molecular flexibility index (Phi) is 3.09. The molecule has 0 fully saturated rings. The fourth-order valence-corrected chi connectivity index (χ4v) is 2.11. The van der Waals surface area contributed by atoms with Gasteiger partial charge in [0.05, 0.1) is 18.6 Å². The molecule has 8 nitrogen and oxygen atoms in total. The van der Waals surface area contributed by atoms with Crippen LogP contribution in [-0.4, -0.2) is 36.9 Å². The van der Waals surface area contributed by atoms with E-state index in [1.165, 1.54) is 16.8 Å². The van der Waals surface area contributed by atoms with E-state index in [-0.39, 0.29) is 6.61 Å². The average molecular weight is 276 g/mol. The SMILES string of the molecule is O=c1ccn([C@H]2C=C(n3ccnc3)[C@@H](CO)O2)c(=O)[nH]1. The molecule has 1 aliphatic heterocycles. The molecule has 2 aromatic heterocycles. The van der Waals surface area contributed by atoms with E-state index in [1.807, 2.05) is 0 Å². The van der Waals surface area contributed by atoms with E-state index in [9.17, 15) is 14.7 Å². The topological polar surface area (TPSA) is 102 Å². The molecule has 0 saturated heterocycles. The lowest BCUT2D eigenvalue weighted by Gasteiger charge is -2.15. The van der Waals surface area contributed by atoms with Crippen LogP contribution in [0.5, 0.6) is 0 Å². The fourth-order valence-electron chi connectivity index (χ4n) is 2.11. The molecular weight excluding hydrogens is 264 g/mol. The fraction of sp³-hybridized carbons (Fsp3) is 0.250. The molecule has 0 bridgehead atoms. The van der Waals surface area contributed by atoms with Crippen LogP contribution in [0.1, 0.15) is 6.23 Å². The van der Waals surface area contributed by atoms with Gasteiger partial charge in [-0.2, -0.15) is 0 Å². The van der Waals surface area contributed by atoms with Crippen LogP contribution in [0.4, 0.5) is 0 Å². The van der Waals surface area contributed by atoms with Gasteiger partial charge in [0.1, 0.15) is 6.10 Å². The molecular formula is C12H12N4O4. The smallest absolute Gasteiger partial charge is 0.330 e. The van der Waals surface area contributed by atoms with Gasteiger partial charge in [-0.05, 0) is 6.08 Å². The predicted molar refractivity (Wildman–Crippen MR) is 68.8 cm³/mol. The van der Waals surface area contributed by atoms with Gasteiger partial charge < -0.3 is 14.4 Å². The number of imidazole rings is 1. The second-order valence-electron chi connectivity index (χ2n) is 4.28. The van der Waals surface area contributed by atoms with E-state index < -0.39 is 23.6 Å². The summed E-state index contributed by atoms with van der Waals surface area (Å²) in [4.78, 5) is 28.9. The van der Waals surface area contributed by atoms with Gasteiger partial charge in [0.2, 0.25) is 0 Å². The number of aliphatic hydroxyl groups excluding tert-OH is 1. The summed E-state index contributed by atoms with van der Waals surface area (Å²) in [5.74, 6) is 0. The summed E-state index contributed by atoms with van der Waals surface area (Å²) in [6.07, 6.45) is 6.71. The van der Waals surface area contributed by atoms with Gasteiger partial charge in [0, 0.05) is 24.7 Å². The first-order valence-corrected chi connectivity index (χ1v) is 5.97. The van der Waals surface area contributed by atoms with Gasteiger partial charge in [0.15, 0.2) is 6.23 Å². The molecule has 0 aliphatic carbocycles. The van der Waals surface area contributed by atoms with E-state index in [1.54, 1.807) is 29.4 Å². The molecule has 0 spiro atoms. The maximum absolute atomic E-state index is 11.7. The summed E-state index contributed by atoms with van der Waals surface area (Å²) in [6, 6.07) is 1.24. The highest BCUT2D eigenvalue weighted by molar-refractivity contribution is 5.52. The molecule has 0 radical (unpaired) electrons. The Morgan fingerprint density at radius 2 is 2.25 bits per heavy atom. The van der Waals surface area contributed by atoms with Gasteiger partial charge in [0.25, 0.3) is 5.56 Å². The first-order chi connectivity index (χ1) is 9.69. The summed E-state index contributed by atoms with van der Waals surface area (Å²) in [5, 5.41) is 9.37. The molecule has 2 N–H and O–H groups in total. The number of aromatic nitrogens is 4. The van der Waals surface area contributed by atoms with Crippen molar-refractivity contribution in [2.75, 3.05) is 6.61 Å². The highest BCUT2D eigenvalue weighted by Gasteiger charge is 2.29. The van der Waals surface area contributed by atoms with Crippen LogP contribution < -0.4 is 11.2 Å². The van der Waals surface area contributed by atoms with Crippen molar-refractivity contribution in [2.45, 2.75) is 12.3 Å². The standard InChI is InChI=1S/C12H12N4O4/c17-6-9-8(15-4-2-13-7-15)5-11(20-9)16-3-1-10(18)14-12(16)19/h1-5,7,9,11,17H,6H2,(H,14,18,19)/t9-,11-/m1/s1. The molecule has 0 unspecified atom stereocenters. The number of rotatable bonds is 3. The van der Waals surface area contributed by atoms with Crippen molar-refractivity contribution in [3.8, 4) is 0 Å². The number of nitrogens with zero attached hydrogens (tertiary/aromatic N) is 3. The number of hydrogen-bond acceptors (Lipinski definition) is 5. The zero-order chi connectivity index (χ0) is 14.1. The molecule has 0 aromatic carbocycles. The van der Waals surface area contributed by atoms with Crippen molar-refractivity contribution < 1.29 is 9.84 Å². The zero-order valence-corrected chi connectivity index (χ0v) is 10.3. The lowest BCUT2D eigenvalue weighted by Crippen LogP contribution is -2.32. The molecule has 104 valence electrons. The third kappa shape index (κ3) is 2.10. The summed E-state index contributed by atoms with van der Waals surface area (Å²) in [7, 11) is 0. The Balaban J connectivity index is 2.00. The minimum Gasteiger partial charge on any atom is -0.393 e. The van der Waals surface area contributed by atoms with Crippen LogP contribution in [0.2, 0.25) is 0 Å². The van der Waals surface area contributed by atoms with E-state index in [0.29, 0.717) is 5.70 Å². The van der Waals surface area contributed by atoms with Crippen molar-refractivity contribution in [3.05, 3.63) is 57.9 Å². The number of aliphatic hydroxyl groups is 1. The Bertz CT molecular complexity index is 743. The quantitative estimate of drug-likeness (QED) is 0.761. The van der Waals surface area contributed by atoms with Crippen molar-refractivity contribution in [1.82, 2.24) is 19.1 Å². The second kappa shape index (κ2) is 4.91. The van der Waals surface area contributed by atoms with E-state index >= 15 is 0 Å². The second-order valence-corrected chi connectivity index (χ2v) is 4.28. The van der Waals surface area contributed by atoms with Crippen molar-refractivity contribution in [1.29, 1.82) is 0 Å². The van der Waals surface area contributed by atoms with E-state index in [4.69, 9.17) is 4.74 Å². The molecule has 3 rings (SSSR count). The highest BCUT2D eigenvalue weighted by atomic mass is 16.5. The third-order valence-electron chi connectivity index (χ3n) is 3.04. The lowest BCUT2D eigenvalue weighted by molar-refractivity contribution is -0.00866. The van der Waals surface area contributed by atoms with E-state index in [2.05, 4.69) is 9.97 Å². The van der Waals surface area contributed by atoms with Crippen molar-refractivity contribution in [3.63, 3.8) is 0 Å². The van der Waals surface area contributed by atoms with Crippen molar-refractivity contribution >= 4 is 5.70 Å². The van der Waals surface area contributed by atoms with Crippen LogP contribution >= 0.6 is 0 Å². The maximum Gasteiger partial charge on any atom is 0.330 e. The van der Waals surface area contributed by atoms with Gasteiger partial charge in [-0.1, -0.05) is 0 Å². The number of nitrogens with one attached hydrogen (secondary N) is 1. The monoisotopic (exact) mass is 276 g/mol. The largest absolute Gasteiger partial charge is 0.393 e. The molecule has 1 aliphatic rings. The van der Waals surface area contributed by atoms with Gasteiger partial charge in [-0.3, -0.25) is 14.3 Å². The zero-order valence-electron chi connectivity index (χ0n) is 10.3. The molecule has 2 atom stereocenters. The van der Waals surface area contributed by atoms with Crippen LogP contribution in [0.3, 0.4) is 0 Å². The number of hydrogen-bond donors (Lipinski definition) is 2. The molecule has 0 amide bonds. The molecule has 20 heavy (non-hydrogen) atoms. The summed E-state index contributed by atoms with van der Waals surface area (Å²) in [5.41, 5.74) is -0.350. The van der Waals surface area contributed by atoms with Crippen LogP contribution in [0, 0.1) is 0 Å². The molecule has 0 saturated carbocycles. The number of ether oxygens (including phenoxy) is 1. The minimum atomic E-state index is -0.686. The van der Waals surface area contributed by atoms with Gasteiger partial charge in [-0.25, -0.2) is 9.78 Å². The summed E-state index contributed by atoms with van der Waals surface area (Å²) >= 11 is 0. The first-order valence-electron chi connectivity index (χ1n) is 5.97. The summed E-state index contributed by atoms with van der Waals surface area (Å²) in [6.45, 7) is -0.224. The van der Waals surface area contributed by atoms with Crippen LogP contribution in [0.25, 0.3) is 5.70 Å². The highest BCUT2D eigenvalue weighted by Crippen LogP contribution is 2.28. The van der Waals surface area contributed by atoms with Crippen molar-refractivity contribution in [2.24, 2.45) is 0 Å². The third-order valence-corrected chi connectivity index (χ3v) is 3.04. The number of H-pyrrole nitrogens is 1. The summed E-state index contributed by atoms with van der Waals surface area (Å²) < 4.78 is 8.55. The van der Waals surface area contributed by atoms with Gasteiger partial charge in [-0.15, -0.1) is 0 Å². The Morgan fingerprint density at radius 1 is 1.40 bits per heavy atom. The molecule has 2 aromatic rings. The predicted octanol–water partition coefficient (Wildman–Crippen LogP) is -0.836. The maximum atomic E-state index is 11.7. The minimum absolute atomic E-state index is 0.224. The molecule has 8 heteroatoms. The average Bonchev–Trinajstić information content (AvgIpc) is 3.07. The Labute approximate surface area is 112 Å². The van der Waals surface area contributed by atoms with Crippen LogP contribution in [0.15, 0.2) is 46.6 Å². The Hall–Kier alpha value is -2.45. The molecule has 3 heterocycles. The Morgan fingerprint density at radius 3 is 2.90 bits per heavy atom. The first kappa shape index (κ1) is 12.6. The van der Waals surface area contributed by atoms with E-state index in [0.717, 1.165) is 0 Å². The normalized spacial score (nSPS) is 21.9. The lowest BCUT2D eigenvalue weighted by atomic mass is 10.3.